The Morgan fingerprint density at radius 1 is 1.10 bits per heavy atom. The van der Waals surface area contributed by atoms with Crippen molar-refractivity contribution in [1.82, 2.24) is 15.1 Å². The molecule has 0 bridgehead atoms. The van der Waals surface area contributed by atoms with Crippen LogP contribution in [0, 0.1) is 11.3 Å². The summed E-state index contributed by atoms with van der Waals surface area (Å²) in [5.41, 5.74) is 1.97. The molecule has 1 fully saturated rings. The first-order chi connectivity index (χ1) is 10.3. The average Bonchev–Trinajstić information content (AvgIpc) is 2.55. The van der Waals surface area contributed by atoms with Gasteiger partial charge in [0.25, 0.3) is 0 Å². The van der Waals surface area contributed by atoms with Crippen LogP contribution < -0.4 is 5.32 Å². The molecule has 0 radical (unpaired) electrons. The lowest BCUT2D eigenvalue weighted by molar-refractivity contribution is 0.136. The van der Waals surface area contributed by atoms with Gasteiger partial charge < -0.3 is 15.1 Å². The zero-order valence-electron chi connectivity index (χ0n) is 13.0. The van der Waals surface area contributed by atoms with Crippen molar-refractivity contribution < 1.29 is 0 Å². The number of rotatable bonds is 7. The largest absolute Gasteiger partial charge is 0.313 e. The molecule has 0 aromatic heterocycles. The van der Waals surface area contributed by atoms with Gasteiger partial charge in [0, 0.05) is 32.7 Å². The summed E-state index contributed by atoms with van der Waals surface area (Å²) in [4.78, 5) is 5.08. The SMILES string of the molecule is CCN1CCN(CCCNCc2ccc(C#N)cc2)CC1. The molecule has 1 aromatic carbocycles. The Morgan fingerprint density at radius 2 is 1.76 bits per heavy atom. The van der Waals surface area contributed by atoms with Gasteiger partial charge in [0.1, 0.15) is 0 Å². The molecule has 0 spiro atoms. The number of piperazine rings is 1. The van der Waals surface area contributed by atoms with E-state index in [-0.39, 0.29) is 0 Å². The third-order valence-corrected chi connectivity index (χ3v) is 4.15. The van der Waals surface area contributed by atoms with Crippen LogP contribution in [-0.4, -0.2) is 55.6 Å². The van der Waals surface area contributed by atoms with E-state index in [0.717, 1.165) is 18.7 Å². The van der Waals surface area contributed by atoms with Crippen LogP contribution in [0.1, 0.15) is 24.5 Å². The van der Waals surface area contributed by atoms with Gasteiger partial charge in [0.05, 0.1) is 11.6 Å². The highest BCUT2D eigenvalue weighted by molar-refractivity contribution is 5.31. The minimum Gasteiger partial charge on any atom is -0.313 e. The van der Waals surface area contributed by atoms with Crippen molar-refractivity contribution in [3.05, 3.63) is 35.4 Å². The summed E-state index contributed by atoms with van der Waals surface area (Å²) in [7, 11) is 0. The van der Waals surface area contributed by atoms with Gasteiger partial charge in [-0.1, -0.05) is 19.1 Å². The normalized spacial score (nSPS) is 16.8. The van der Waals surface area contributed by atoms with Crippen LogP contribution in [0.2, 0.25) is 0 Å². The van der Waals surface area contributed by atoms with E-state index in [1.54, 1.807) is 0 Å². The third-order valence-electron chi connectivity index (χ3n) is 4.15. The maximum atomic E-state index is 8.76. The van der Waals surface area contributed by atoms with Gasteiger partial charge in [-0.25, -0.2) is 0 Å². The fourth-order valence-electron chi connectivity index (χ4n) is 2.69. The van der Waals surface area contributed by atoms with E-state index in [0.29, 0.717) is 0 Å². The first-order valence-electron chi connectivity index (χ1n) is 7.96. The Hall–Kier alpha value is -1.41. The Morgan fingerprint density at radius 3 is 2.38 bits per heavy atom. The van der Waals surface area contributed by atoms with Crippen LogP contribution in [0.15, 0.2) is 24.3 Å². The molecule has 0 saturated carbocycles. The molecular weight excluding hydrogens is 260 g/mol. The molecule has 1 aliphatic heterocycles. The van der Waals surface area contributed by atoms with E-state index >= 15 is 0 Å². The lowest BCUT2D eigenvalue weighted by Crippen LogP contribution is -2.46. The second kappa shape index (κ2) is 8.78. The minimum absolute atomic E-state index is 0.727. The average molecular weight is 286 g/mol. The monoisotopic (exact) mass is 286 g/mol. The predicted molar refractivity (Wildman–Crippen MR) is 86.0 cm³/mol. The van der Waals surface area contributed by atoms with Crippen molar-refractivity contribution in [2.75, 3.05) is 45.8 Å². The van der Waals surface area contributed by atoms with Gasteiger partial charge in [0.2, 0.25) is 0 Å². The molecule has 114 valence electrons. The summed E-state index contributed by atoms with van der Waals surface area (Å²) in [6, 6.07) is 9.95. The van der Waals surface area contributed by atoms with Crippen molar-refractivity contribution in [3.63, 3.8) is 0 Å². The molecule has 0 atom stereocenters. The van der Waals surface area contributed by atoms with Crippen LogP contribution in [-0.2, 0) is 6.54 Å². The quantitative estimate of drug-likeness (QED) is 0.774. The van der Waals surface area contributed by atoms with Crippen LogP contribution >= 0.6 is 0 Å². The van der Waals surface area contributed by atoms with Gasteiger partial charge in [-0.3, -0.25) is 0 Å². The maximum Gasteiger partial charge on any atom is 0.0991 e. The van der Waals surface area contributed by atoms with Gasteiger partial charge >= 0.3 is 0 Å². The molecule has 1 aliphatic rings. The summed E-state index contributed by atoms with van der Waals surface area (Å²) < 4.78 is 0. The molecule has 21 heavy (non-hydrogen) atoms. The lowest BCUT2D eigenvalue weighted by Gasteiger charge is -2.34. The predicted octanol–water partition coefficient (Wildman–Crippen LogP) is 1.68. The molecule has 1 aromatic rings. The molecule has 2 rings (SSSR count). The highest BCUT2D eigenvalue weighted by Crippen LogP contribution is 2.03. The number of likely N-dealkylation sites (N-methyl/N-ethyl adjacent to an activating group) is 1. The standard InChI is InChI=1S/C17H26N4/c1-2-20-10-12-21(13-11-20)9-3-8-19-15-17-6-4-16(14-18)5-7-17/h4-7,19H,2-3,8-13,15H2,1H3. The Balaban J connectivity index is 1.55. The first kappa shape index (κ1) is 16.0. The molecule has 0 amide bonds. The minimum atomic E-state index is 0.727. The van der Waals surface area contributed by atoms with Crippen LogP contribution in [0.3, 0.4) is 0 Å². The van der Waals surface area contributed by atoms with Gasteiger partial charge in [0.15, 0.2) is 0 Å². The third kappa shape index (κ3) is 5.47. The molecule has 1 heterocycles. The molecule has 4 heteroatoms. The summed E-state index contributed by atoms with van der Waals surface area (Å²) in [5, 5.41) is 12.2. The topological polar surface area (TPSA) is 42.3 Å². The van der Waals surface area contributed by atoms with E-state index in [9.17, 15) is 0 Å². The van der Waals surface area contributed by atoms with E-state index in [1.165, 1.54) is 51.3 Å². The Bertz CT molecular complexity index is 441. The van der Waals surface area contributed by atoms with E-state index in [1.807, 2.05) is 24.3 Å². The molecule has 0 unspecified atom stereocenters. The molecule has 1 saturated heterocycles. The second-order valence-corrected chi connectivity index (χ2v) is 5.61. The number of nitrogens with zero attached hydrogens (tertiary/aromatic N) is 3. The summed E-state index contributed by atoms with van der Waals surface area (Å²) in [6.07, 6.45) is 1.20. The number of benzene rings is 1. The van der Waals surface area contributed by atoms with Crippen LogP contribution in [0.4, 0.5) is 0 Å². The first-order valence-corrected chi connectivity index (χ1v) is 7.96. The van der Waals surface area contributed by atoms with Gasteiger partial charge in [-0.15, -0.1) is 0 Å². The lowest BCUT2D eigenvalue weighted by atomic mass is 10.1. The summed E-state index contributed by atoms with van der Waals surface area (Å²) in [5.74, 6) is 0. The van der Waals surface area contributed by atoms with Crippen molar-refractivity contribution in [2.24, 2.45) is 0 Å². The fraction of sp³-hybridized carbons (Fsp3) is 0.588. The summed E-state index contributed by atoms with van der Waals surface area (Å²) in [6.45, 7) is 11.4. The molecule has 4 nitrogen and oxygen atoms in total. The van der Waals surface area contributed by atoms with Crippen molar-refractivity contribution in [1.29, 1.82) is 5.26 Å². The summed E-state index contributed by atoms with van der Waals surface area (Å²) >= 11 is 0. The number of hydrogen-bond donors (Lipinski definition) is 1. The smallest absolute Gasteiger partial charge is 0.0991 e. The molecular formula is C17H26N4. The molecule has 1 N–H and O–H groups in total. The zero-order chi connectivity index (χ0) is 14.9. The van der Waals surface area contributed by atoms with Gasteiger partial charge in [-0.05, 0) is 43.8 Å². The van der Waals surface area contributed by atoms with Crippen molar-refractivity contribution in [2.45, 2.75) is 19.9 Å². The van der Waals surface area contributed by atoms with Gasteiger partial charge in [-0.2, -0.15) is 5.26 Å². The highest BCUT2D eigenvalue weighted by Gasteiger charge is 2.14. The Kier molecular flexibility index (Phi) is 6.68. The van der Waals surface area contributed by atoms with Crippen LogP contribution in [0.5, 0.6) is 0 Å². The zero-order valence-corrected chi connectivity index (χ0v) is 13.0. The van der Waals surface area contributed by atoms with Crippen molar-refractivity contribution in [3.8, 4) is 6.07 Å². The van der Waals surface area contributed by atoms with E-state index < -0.39 is 0 Å². The number of hydrogen-bond acceptors (Lipinski definition) is 4. The van der Waals surface area contributed by atoms with Crippen molar-refractivity contribution >= 4 is 0 Å². The maximum absolute atomic E-state index is 8.76. The molecule has 0 aliphatic carbocycles. The fourth-order valence-corrected chi connectivity index (χ4v) is 2.69. The van der Waals surface area contributed by atoms with E-state index in [2.05, 4.69) is 28.1 Å². The Labute approximate surface area is 128 Å². The van der Waals surface area contributed by atoms with E-state index in [4.69, 9.17) is 5.26 Å². The highest BCUT2D eigenvalue weighted by atomic mass is 15.3. The van der Waals surface area contributed by atoms with Crippen LogP contribution in [0.25, 0.3) is 0 Å². The number of nitriles is 1. The second-order valence-electron chi connectivity index (χ2n) is 5.61. The number of nitrogens with one attached hydrogen (secondary N) is 1.